The van der Waals surface area contributed by atoms with Gasteiger partial charge in [-0.25, -0.2) is 0 Å². The molecular formula is C17H16F3N3O2. The largest absolute Gasteiger partial charge is 0.493 e. The molecule has 0 aliphatic rings. The molecule has 5 nitrogen and oxygen atoms in total. The first-order valence-corrected chi connectivity index (χ1v) is 7.26. The molecule has 1 aromatic carbocycles. The molecule has 0 unspecified atom stereocenters. The molecule has 1 N–H and O–H groups in total. The van der Waals surface area contributed by atoms with Crippen LogP contribution in [0.1, 0.15) is 17.0 Å². The number of aryl methyl sites for hydroxylation is 2. The van der Waals surface area contributed by atoms with E-state index in [1.807, 2.05) is 0 Å². The summed E-state index contributed by atoms with van der Waals surface area (Å²) in [5.74, 6) is 0.128. The van der Waals surface area contributed by atoms with Gasteiger partial charge in [-0.2, -0.15) is 18.4 Å². The van der Waals surface area contributed by atoms with Gasteiger partial charge in [-0.05, 0) is 32.0 Å². The molecule has 0 spiro atoms. The SMILES string of the molecule is COc1ccc(Nc2cc(C)nc(C)c2C#N)cc1OCC(F)(F)F. The highest BCUT2D eigenvalue weighted by Gasteiger charge is 2.29. The Morgan fingerprint density at radius 3 is 2.52 bits per heavy atom. The molecule has 0 saturated carbocycles. The van der Waals surface area contributed by atoms with E-state index in [9.17, 15) is 18.4 Å². The third-order valence-electron chi connectivity index (χ3n) is 3.27. The van der Waals surface area contributed by atoms with Crippen molar-refractivity contribution in [3.05, 3.63) is 41.2 Å². The van der Waals surface area contributed by atoms with Crippen LogP contribution in [0.25, 0.3) is 0 Å². The topological polar surface area (TPSA) is 67.2 Å². The van der Waals surface area contributed by atoms with Crippen LogP contribution >= 0.6 is 0 Å². The van der Waals surface area contributed by atoms with Crippen molar-refractivity contribution < 1.29 is 22.6 Å². The summed E-state index contributed by atoms with van der Waals surface area (Å²) in [6, 6.07) is 8.24. The highest BCUT2D eigenvalue weighted by Crippen LogP contribution is 2.33. The van der Waals surface area contributed by atoms with E-state index in [0.29, 0.717) is 28.3 Å². The summed E-state index contributed by atoms with van der Waals surface area (Å²) in [6.07, 6.45) is -4.46. The number of hydrogen-bond donors (Lipinski definition) is 1. The van der Waals surface area contributed by atoms with Crippen LogP contribution in [-0.4, -0.2) is 24.9 Å². The minimum atomic E-state index is -4.46. The van der Waals surface area contributed by atoms with Crippen LogP contribution in [0.3, 0.4) is 0 Å². The van der Waals surface area contributed by atoms with Crippen molar-refractivity contribution in [1.82, 2.24) is 4.98 Å². The fourth-order valence-electron chi connectivity index (χ4n) is 2.25. The number of nitrogens with one attached hydrogen (secondary N) is 1. The zero-order chi connectivity index (χ0) is 18.6. The predicted octanol–water partition coefficient (Wildman–Crippen LogP) is 4.26. The molecule has 0 saturated heterocycles. The number of ether oxygens (including phenoxy) is 2. The molecule has 0 radical (unpaired) electrons. The minimum Gasteiger partial charge on any atom is -0.493 e. The number of nitriles is 1. The van der Waals surface area contributed by atoms with E-state index in [2.05, 4.69) is 16.4 Å². The smallest absolute Gasteiger partial charge is 0.422 e. The van der Waals surface area contributed by atoms with E-state index >= 15 is 0 Å². The maximum Gasteiger partial charge on any atom is 0.422 e. The lowest BCUT2D eigenvalue weighted by atomic mass is 10.1. The summed E-state index contributed by atoms with van der Waals surface area (Å²) in [7, 11) is 1.34. The van der Waals surface area contributed by atoms with Crippen molar-refractivity contribution in [2.24, 2.45) is 0 Å². The molecule has 0 bridgehead atoms. The molecule has 0 fully saturated rings. The average Bonchev–Trinajstić information content (AvgIpc) is 2.52. The molecule has 1 heterocycles. The van der Waals surface area contributed by atoms with E-state index in [0.717, 1.165) is 0 Å². The number of benzene rings is 1. The van der Waals surface area contributed by atoms with Gasteiger partial charge < -0.3 is 14.8 Å². The standard InChI is InChI=1S/C17H16F3N3O2/c1-10-6-14(13(8-21)11(2)22-10)23-12-4-5-15(24-3)16(7-12)25-9-17(18,19)20/h4-7H,9H2,1-3H3,(H,22,23). The Morgan fingerprint density at radius 2 is 1.92 bits per heavy atom. The highest BCUT2D eigenvalue weighted by atomic mass is 19.4. The lowest BCUT2D eigenvalue weighted by Gasteiger charge is -2.15. The summed E-state index contributed by atoms with van der Waals surface area (Å²) in [5.41, 5.74) is 2.60. The second-order valence-electron chi connectivity index (χ2n) is 5.28. The second-order valence-corrected chi connectivity index (χ2v) is 5.28. The number of hydrogen-bond acceptors (Lipinski definition) is 5. The number of halogens is 3. The monoisotopic (exact) mass is 351 g/mol. The Bertz CT molecular complexity index is 814. The van der Waals surface area contributed by atoms with Gasteiger partial charge in [0.2, 0.25) is 0 Å². The van der Waals surface area contributed by atoms with Crippen molar-refractivity contribution in [2.75, 3.05) is 19.0 Å². The maximum atomic E-state index is 12.4. The molecule has 0 aliphatic carbocycles. The maximum absolute atomic E-state index is 12.4. The molecule has 25 heavy (non-hydrogen) atoms. The van der Waals surface area contributed by atoms with Gasteiger partial charge in [0.25, 0.3) is 0 Å². The van der Waals surface area contributed by atoms with Gasteiger partial charge in [-0.1, -0.05) is 0 Å². The van der Waals surface area contributed by atoms with Crippen LogP contribution < -0.4 is 14.8 Å². The van der Waals surface area contributed by atoms with Crippen molar-refractivity contribution in [3.63, 3.8) is 0 Å². The first-order valence-electron chi connectivity index (χ1n) is 7.26. The van der Waals surface area contributed by atoms with Crippen molar-refractivity contribution >= 4 is 11.4 Å². The number of alkyl halides is 3. The van der Waals surface area contributed by atoms with E-state index in [-0.39, 0.29) is 11.5 Å². The third kappa shape index (κ3) is 4.76. The van der Waals surface area contributed by atoms with Crippen LogP contribution in [0.15, 0.2) is 24.3 Å². The number of nitrogens with zero attached hydrogens (tertiary/aromatic N) is 2. The fraction of sp³-hybridized carbons (Fsp3) is 0.294. The van der Waals surface area contributed by atoms with Crippen molar-refractivity contribution in [2.45, 2.75) is 20.0 Å². The predicted molar refractivity (Wildman–Crippen MR) is 86.3 cm³/mol. The molecule has 1 aromatic heterocycles. The average molecular weight is 351 g/mol. The van der Waals surface area contributed by atoms with E-state index in [1.165, 1.54) is 19.2 Å². The quantitative estimate of drug-likeness (QED) is 0.872. The van der Waals surface area contributed by atoms with Gasteiger partial charge in [0, 0.05) is 17.4 Å². The number of methoxy groups -OCH3 is 1. The summed E-state index contributed by atoms with van der Waals surface area (Å²) < 4.78 is 47.0. The fourth-order valence-corrected chi connectivity index (χ4v) is 2.25. The summed E-state index contributed by atoms with van der Waals surface area (Å²) in [4.78, 5) is 4.22. The Labute approximate surface area is 143 Å². The first kappa shape index (κ1) is 18.4. The summed E-state index contributed by atoms with van der Waals surface area (Å²) in [6.45, 7) is 2.07. The van der Waals surface area contributed by atoms with E-state index in [4.69, 9.17) is 9.47 Å². The molecule has 0 amide bonds. The Hall–Kier alpha value is -2.95. The van der Waals surface area contributed by atoms with E-state index < -0.39 is 12.8 Å². The second kappa shape index (κ2) is 7.30. The third-order valence-corrected chi connectivity index (χ3v) is 3.27. The van der Waals surface area contributed by atoms with Crippen LogP contribution in [0.2, 0.25) is 0 Å². The van der Waals surface area contributed by atoms with Gasteiger partial charge in [-0.3, -0.25) is 4.98 Å². The molecular weight excluding hydrogens is 335 g/mol. The van der Waals surface area contributed by atoms with Crippen LogP contribution in [0.5, 0.6) is 11.5 Å². The normalized spacial score (nSPS) is 10.9. The number of pyridine rings is 1. The van der Waals surface area contributed by atoms with Crippen LogP contribution in [-0.2, 0) is 0 Å². The lowest BCUT2D eigenvalue weighted by Crippen LogP contribution is -2.19. The Balaban J connectivity index is 2.34. The van der Waals surface area contributed by atoms with Crippen molar-refractivity contribution in [1.29, 1.82) is 5.26 Å². The molecule has 0 atom stereocenters. The molecule has 2 aromatic rings. The number of rotatable bonds is 5. The Kier molecular flexibility index (Phi) is 5.37. The van der Waals surface area contributed by atoms with Gasteiger partial charge in [-0.15, -0.1) is 0 Å². The zero-order valence-corrected chi connectivity index (χ0v) is 13.9. The van der Waals surface area contributed by atoms with Gasteiger partial charge in [0.05, 0.1) is 24.1 Å². The van der Waals surface area contributed by atoms with E-state index in [1.54, 1.807) is 26.0 Å². The molecule has 0 aliphatic heterocycles. The first-order chi connectivity index (χ1) is 11.7. The van der Waals surface area contributed by atoms with Crippen molar-refractivity contribution in [3.8, 4) is 17.6 Å². The Morgan fingerprint density at radius 1 is 1.20 bits per heavy atom. The number of aromatic nitrogens is 1. The molecule has 8 heteroatoms. The van der Waals surface area contributed by atoms with Crippen LogP contribution in [0.4, 0.5) is 24.5 Å². The molecule has 132 valence electrons. The highest BCUT2D eigenvalue weighted by molar-refractivity contribution is 5.69. The number of anilines is 2. The molecule has 2 rings (SSSR count). The summed E-state index contributed by atoms with van der Waals surface area (Å²) >= 11 is 0. The lowest BCUT2D eigenvalue weighted by molar-refractivity contribution is -0.153. The summed E-state index contributed by atoms with van der Waals surface area (Å²) in [5, 5.41) is 12.3. The van der Waals surface area contributed by atoms with Crippen LogP contribution in [0, 0.1) is 25.2 Å². The zero-order valence-electron chi connectivity index (χ0n) is 13.9. The van der Waals surface area contributed by atoms with Gasteiger partial charge in [0.15, 0.2) is 18.1 Å². The van der Waals surface area contributed by atoms with Gasteiger partial charge >= 0.3 is 6.18 Å². The minimum absolute atomic E-state index is 0.0502. The van der Waals surface area contributed by atoms with Gasteiger partial charge in [0.1, 0.15) is 6.07 Å².